The molecule has 1 atom stereocenters. The topological polar surface area (TPSA) is 34.9 Å². The van der Waals surface area contributed by atoms with Crippen molar-refractivity contribution in [1.82, 2.24) is 9.55 Å². The van der Waals surface area contributed by atoms with Crippen molar-refractivity contribution in [3.63, 3.8) is 0 Å². The Balaban J connectivity index is 2.60. The van der Waals surface area contributed by atoms with Crippen LogP contribution in [0.3, 0.4) is 0 Å². The van der Waals surface area contributed by atoms with Crippen molar-refractivity contribution >= 4 is 0 Å². The molecule has 0 spiro atoms. The molecule has 1 aromatic rings. The van der Waals surface area contributed by atoms with Gasteiger partial charge in [-0.05, 0) is 12.8 Å². The van der Waals surface area contributed by atoms with Crippen LogP contribution in [0.5, 0.6) is 0 Å². The van der Waals surface area contributed by atoms with Crippen LogP contribution in [0.2, 0.25) is 0 Å². The Morgan fingerprint density at radius 2 is 2.42 bits per heavy atom. The van der Waals surface area contributed by atoms with Gasteiger partial charge in [-0.15, -0.1) is 0 Å². The first kappa shape index (κ1) is 7.53. The molecule has 64 valence electrons. The van der Waals surface area contributed by atoms with Crippen LogP contribution in [0.4, 0.5) is 0 Å². The summed E-state index contributed by atoms with van der Waals surface area (Å²) in [4.78, 5) is 15.7. The Morgan fingerprint density at radius 1 is 1.67 bits per heavy atom. The van der Waals surface area contributed by atoms with Gasteiger partial charge >= 0.3 is 0 Å². The highest BCUT2D eigenvalue weighted by atomic mass is 16.1. The number of hydrogen-bond acceptors (Lipinski definition) is 2. The maximum Gasteiger partial charge on any atom is 0.253 e. The molecule has 0 saturated carbocycles. The van der Waals surface area contributed by atoms with E-state index in [9.17, 15) is 4.79 Å². The number of rotatable bonds is 0. The number of hydrogen-bond donors (Lipinski definition) is 0. The van der Waals surface area contributed by atoms with Crippen LogP contribution in [-0.2, 0) is 13.0 Å². The normalized spacial score (nSPS) is 21.0. The number of nitrogens with zero attached hydrogens (tertiary/aromatic N) is 2. The van der Waals surface area contributed by atoms with Gasteiger partial charge in [-0.1, -0.05) is 6.92 Å². The molecule has 1 aliphatic heterocycles. The molecule has 2 rings (SSSR count). The monoisotopic (exact) mass is 164 g/mol. The molecule has 0 amide bonds. The number of aromatic nitrogens is 2. The van der Waals surface area contributed by atoms with Crippen LogP contribution in [0, 0.1) is 12.8 Å². The van der Waals surface area contributed by atoms with E-state index in [1.807, 2.05) is 6.92 Å². The molecule has 1 aromatic heterocycles. The molecular formula is C9H12N2O. The molecule has 0 fully saturated rings. The quantitative estimate of drug-likeness (QED) is 0.567. The molecule has 0 unspecified atom stereocenters. The van der Waals surface area contributed by atoms with Gasteiger partial charge in [0.1, 0.15) is 5.82 Å². The van der Waals surface area contributed by atoms with Crippen LogP contribution >= 0.6 is 0 Å². The average molecular weight is 164 g/mol. The molecular weight excluding hydrogens is 152 g/mol. The van der Waals surface area contributed by atoms with Crippen molar-refractivity contribution in [2.24, 2.45) is 5.92 Å². The van der Waals surface area contributed by atoms with E-state index in [2.05, 4.69) is 11.9 Å². The van der Waals surface area contributed by atoms with Gasteiger partial charge in [0.25, 0.3) is 5.56 Å². The molecule has 0 radical (unpaired) electrons. The van der Waals surface area contributed by atoms with Crippen molar-refractivity contribution in [3.05, 3.63) is 27.9 Å². The molecule has 3 nitrogen and oxygen atoms in total. The zero-order chi connectivity index (χ0) is 8.72. The van der Waals surface area contributed by atoms with E-state index >= 15 is 0 Å². The van der Waals surface area contributed by atoms with E-state index in [0.29, 0.717) is 5.92 Å². The molecule has 0 bridgehead atoms. The van der Waals surface area contributed by atoms with Crippen molar-refractivity contribution < 1.29 is 0 Å². The van der Waals surface area contributed by atoms with Crippen LogP contribution in [0.15, 0.2) is 10.9 Å². The fourth-order valence-corrected chi connectivity index (χ4v) is 1.72. The Morgan fingerprint density at radius 3 is 3.17 bits per heavy atom. The molecule has 0 aromatic carbocycles. The van der Waals surface area contributed by atoms with Gasteiger partial charge in [-0.3, -0.25) is 9.36 Å². The lowest BCUT2D eigenvalue weighted by Crippen LogP contribution is -2.20. The smallest absolute Gasteiger partial charge is 0.253 e. The van der Waals surface area contributed by atoms with E-state index in [1.54, 1.807) is 10.6 Å². The van der Waals surface area contributed by atoms with Gasteiger partial charge in [-0.25, -0.2) is 4.98 Å². The summed E-state index contributed by atoms with van der Waals surface area (Å²) in [5.41, 5.74) is 0.933. The predicted molar refractivity (Wildman–Crippen MR) is 46.1 cm³/mol. The lowest BCUT2D eigenvalue weighted by Gasteiger charge is -2.00. The summed E-state index contributed by atoms with van der Waals surface area (Å²) in [7, 11) is 0. The molecule has 0 N–H and O–H groups in total. The van der Waals surface area contributed by atoms with Crippen LogP contribution in [0.25, 0.3) is 0 Å². The standard InChI is InChI=1S/C9H12N2O/c1-6-3-8-10-7(2)4-9(12)11(8)5-6/h4,6H,3,5H2,1-2H3/t6-/m0/s1. The second kappa shape index (κ2) is 2.44. The SMILES string of the molecule is Cc1cc(=O)n2c(n1)C[C@H](C)C2. The summed E-state index contributed by atoms with van der Waals surface area (Å²) in [5.74, 6) is 1.51. The van der Waals surface area contributed by atoms with E-state index in [0.717, 1.165) is 24.5 Å². The van der Waals surface area contributed by atoms with Crippen molar-refractivity contribution in [1.29, 1.82) is 0 Å². The number of fused-ring (bicyclic) bond motifs is 1. The third-order valence-corrected chi connectivity index (χ3v) is 2.24. The predicted octanol–water partition coefficient (Wildman–Crippen LogP) is 0.744. The Kier molecular flexibility index (Phi) is 1.53. The Labute approximate surface area is 71.1 Å². The third kappa shape index (κ3) is 1.05. The number of aryl methyl sites for hydroxylation is 1. The van der Waals surface area contributed by atoms with Gasteiger partial charge in [0.15, 0.2) is 0 Å². The van der Waals surface area contributed by atoms with Crippen LogP contribution < -0.4 is 5.56 Å². The molecule has 2 heterocycles. The second-order valence-corrected chi connectivity index (χ2v) is 3.57. The van der Waals surface area contributed by atoms with E-state index in [1.165, 1.54) is 0 Å². The highest BCUT2D eigenvalue weighted by molar-refractivity contribution is 5.06. The minimum Gasteiger partial charge on any atom is -0.296 e. The zero-order valence-electron chi connectivity index (χ0n) is 7.37. The van der Waals surface area contributed by atoms with Crippen LogP contribution in [-0.4, -0.2) is 9.55 Å². The van der Waals surface area contributed by atoms with Crippen molar-refractivity contribution in [2.75, 3.05) is 0 Å². The fraction of sp³-hybridized carbons (Fsp3) is 0.556. The van der Waals surface area contributed by atoms with Gasteiger partial charge < -0.3 is 0 Å². The van der Waals surface area contributed by atoms with Crippen molar-refractivity contribution in [3.8, 4) is 0 Å². The first-order valence-electron chi connectivity index (χ1n) is 4.24. The van der Waals surface area contributed by atoms with Gasteiger partial charge in [-0.2, -0.15) is 0 Å². The van der Waals surface area contributed by atoms with Gasteiger partial charge in [0, 0.05) is 24.7 Å². The lowest BCUT2D eigenvalue weighted by molar-refractivity contribution is 0.556. The summed E-state index contributed by atoms with van der Waals surface area (Å²) in [6.45, 7) is 4.84. The lowest BCUT2D eigenvalue weighted by atomic mass is 10.1. The second-order valence-electron chi connectivity index (χ2n) is 3.57. The third-order valence-electron chi connectivity index (χ3n) is 2.24. The molecule has 1 aliphatic rings. The van der Waals surface area contributed by atoms with Gasteiger partial charge in [0.05, 0.1) is 0 Å². The molecule has 0 aliphatic carbocycles. The molecule has 3 heteroatoms. The summed E-state index contributed by atoms with van der Waals surface area (Å²) in [5, 5.41) is 0. The minimum atomic E-state index is 0.0989. The van der Waals surface area contributed by atoms with E-state index in [4.69, 9.17) is 0 Å². The summed E-state index contributed by atoms with van der Waals surface area (Å²) < 4.78 is 1.78. The maximum absolute atomic E-state index is 11.4. The van der Waals surface area contributed by atoms with Crippen LogP contribution in [0.1, 0.15) is 18.4 Å². The van der Waals surface area contributed by atoms with Crippen molar-refractivity contribution in [2.45, 2.75) is 26.8 Å². The fourth-order valence-electron chi connectivity index (χ4n) is 1.72. The minimum absolute atomic E-state index is 0.0989. The summed E-state index contributed by atoms with van der Waals surface area (Å²) in [6, 6.07) is 1.60. The summed E-state index contributed by atoms with van der Waals surface area (Å²) >= 11 is 0. The summed E-state index contributed by atoms with van der Waals surface area (Å²) in [6.07, 6.45) is 0.941. The molecule has 12 heavy (non-hydrogen) atoms. The highest BCUT2D eigenvalue weighted by Gasteiger charge is 2.19. The Hall–Kier alpha value is -1.12. The van der Waals surface area contributed by atoms with E-state index in [-0.39, 0.29) is 5.56 Å². The first-order chi connectivity index (χ1) is 5.66. The maximum atomic E-state index is 11.4. The zero-order valence-corrected chi connectivity index (χ0v) is 7.37. The first-order valence-corrected chi connectivity index (χ1v) is 4.24. The van der Waals surface area contributed by atoms with E-state index < -0.39 is 0 Å². The Bertz CT molecular complexity index is 367. The van der Waals surface area contributed by atoms with Gasteiger partial charge in [0.2, 0.25) is 0 Å². The highest BCUT2D eigenvalue weighted by Crippen LogP contribution is 2.15. The largest absolute Gasteiger partial charge is 0.296 e. The average Bonchev–Trinajstić information content (AvgIpc) is 2.29. The molecule has 0 saturated heterocycles.